The minimum Gasteiger partial charge on any atom is -0.311 e. The molecule has 0 aliphatic heterocycles. The molecule has 1 aromatic heterocycles. The van der Waals surface area contributed by atoms with Gasteiger partial charge in [-0.25, -0.2) is 0 Å². The highest BCUT2D eigenvalue weighted by atomic mass is 35.5. The van der Waals surface area contributed by atoms with Crippen molar-refractivity contribution >= 4 is 23.2 Å². The van der Waals surface area contributed by atoms with Crippen LogP contribution in [0.5, 0.6) is 0 Å². The van der Waals surface area contributed by atoms with Crippen LogP contribution < -0.4 is 5.32 Å². The molecule has 0 aliphatic carbocycles. The molecule has 0 amide bonds. The predicted octanol–water partition coefficient (Wildman–Crippen LogP) is 3.23. The van der Waals surface area contributed by atoms with Crippen LogP contribution >= 0.6 is 23.2 Å². The second-order valence-electron chi connectivity index (χ2n) is 4.16. The fourth-order valence-corrected chi connectivity index (χ4v) is 2.47. The first-order valence-electron chi connectivity index (χ1n) is 5.71. The third kappa shape index (κ3) is 2.86. The Morgan fingerprint density at radius 3 is 2.67 bits per heavy atom. The van der Waals surface area contributed by atoms with Crippen molar-refractivity contribution in [3.8, 4) is 0 Å². The molecule has 0 saturated carbocycles. The smallest absolute Gasteiger partial charge is 0.0553 e. The Kier molecular flexibility index (Phi) is 4.27. The van der Waals surface area contributed by atoms with Crippen molar-refractivity contribution in [2.24, 2.45) is 7.05 Å². The van der Waals surface area contributed by atoms with Crippen molar-refractivity contribution in [3.63, 3.8) is 0 Å². The molecule has 5 heteroatoms. The third-order valence-electron chi connectivity index (χ3n) is 3.00. The van der Waals surface area contributed by atoms with Crippen LogP contribution in [0.15, 0.2) is 30.5 Å². The number of likely N-dealkylation sites (N-methyl/N-ethyl adjacent to an activating group) is 1. The second kappa shape index (κ2) is 5.74. The molecule has 2 rings (SSSR count). The predicted molar refractivity (Wildman–Crippen MR) is 75.2 cm³/mol. The molecular formula is C13H15Cl2N3. The maximum Gasteiger partial charge on any atom is 0.0553 e. The van der Waals surface area contributed by atoms with E-state index in [0.717, 1.165) is 17.7 Å². The molecule has 0 fully saturated rings. The van der Waals surface area contributed by atoms with Gasteiger partial charge in [0.1, 0.15) is 0 Å². The van der Waals surface area contributed by atoms with E-state index < -0.39 is 0 Å². The lowest BCUT2D eigenvalue weighted by Crippen LogP contribution is -2.21. The van der Waals surface area contributed by atoms with E-state index in [4.69, 9.17) is 23.2 Å². The fraction of sp³-hybridized carbons (Fsp3) is 0.308. The van der Waals surface area contributed by atoms with E-state index in [1.54, 1.807) is 12.3 Å². The molecule has 1 aromatic carbocycles. The van der Waals surface area contributed by atoms with Gasteiger partial charge in [0.15, 0.2) is 0 Å². The van der Waals surface area contributed by atoms with Crippen molar-refractivity contribution in [2.75, 3.05) is 7.05 Å². The Balaban J connectivity index is 2.23. The van der Waals surface area contributed by atoms with E-state index in [2.05, 4.69) is 10.4 Å². The summed E-state index contributed by atoms with van der Waals surface area (Å²) in [4.78, 5) is 0. The van der Waals surface area contributed by atoms with E-state index >= 15 is 0 Å². The number of hydrogen-bond donors (Lipinski definition) is 1. The average molecular weight is 284 g/mol. The molecule has 0 radical (unpaired) electrons. The van der Waals surface area contributed by atoms with Crippen molar-refractivity contribution in [1.82, 2.24) is 15.1 Å². The molecule has 1 heterocycles. The molecule has 1 atom stereocenters. The van der Waals surface area contributed by atoms with Crippen LogP contribution in [0.4, 0.5) is 0 Å². The Labute approximate surface area is 117 Å². The van der Waals surface area contributed by atoms with E-state index in [0.29, 0.717) is 10.0 Å². The highest BCUT2D eigenvalue weighted by Crippen LogP contribution is 2.25. The number of nitrogens with one attached hydrogen (secondary N) is 1. The zero-order valence-electron chi connectivity index (χ0n) is 10.3. The zero-order chi connectivity index (χ0) is 13.1. The van der Waals surface area contributed by atoms with Gasteiger partial charge in [0.25, 0.3) is 0 Å². The summed E-state index contributed by atoms with van der Waals surface area (Å²) in [5.41, 5.74) is 2.20. The summed E-state index contributed by atoms with van der Waals surface area (Å²) in [5.74, 6) is 0. The number of nitrogens with zero attached hydrogens (tertiary/aromatic N) is 2. The summed E-state index contributed by atoms with van der Waals surface area (Å²) in [5, 5.41) is 8.83. The molecule has 2 aromatic rings. The van der Waals surface area contributed by atoms with Crippen LogP contribution in [0.1, 0.15) is 17.3 Å². The van der Waals surface area contributed by atoms with Gasteiger partial charge in [-0.2, -0.15) is 5.10 Å². The number of halogens is 2. The summed E-state index contributed by atoms with van der Waals surface area (Å²) in [6.45, 7) is 0. The monoisotopic (exact) mass is 283 g/mol. The summed E-state index contributed by atoms with van der Waals surface area (Å²) < 4.78 is 1.87. The normalized spacial score (nSPS) is 12.7. The summed E-state index contributed by atoms with van der Waals surface area (Å²) in [6, 6.07) is 7.78. The molecule has 96 valence electrons. The Bertz CT molecular complexity index is 537. The Morgan fingerprint density at radius 1 is 1.33 bits per heavy atom. The van der Waals surface area contributed by atoms with Crippen molar-refractivity contribution in [1.29, 1.82) is 0 Å². The van der Waals surface area contributed by atoms with Crippen molar-refractivity contribution < 1.29 is 0 Å². The lowest BCUT2D eigenvalue weighted by atomic mass is 10.0. The van der Waals surface area contributed by atoms with Gasteiger partial charge < -0.3 is 5.32 Å². The average Bonchev–Trinajstić information content (AvgIpc) is 2.75. The van der Waals surface area contributed by atoms with Crippen LogP contribution in [0.2, 0.25) is 10.0 Å². The van der Waals surface area contributed by atoms with Gasteiger partial charge in [-0.15, -0.1) is 0 Å². The van der Waals surface area contributed by atoms with Crippen LogP contribution in [-0.4, -0.2) is 16.8 Å². The number of aromatic nitrogens is 2. The molecule has 0 spiro atoms. The summed E-state index contributed by atoms with van der Waals surface area (Å²) >= 11 is 12.1. The van der Waals surface area contributed by atoms with Crippen LogP contribution in [0, 0.1) is 0 Å². The first-order chi connectivity index (χ1) is 8.61. The van der Waals surface area contributed by atoms with Gasteiger partial charge in [-0.3, -0.25) is 4.68 Å². The maximum atomic E-state index is 6.20. The van der Waals surface area contributed by atoms with Gasteiger partial charge in [0.2, 0.25) is 0 Å². The number of hydrogen-bond acceptors (Lipinski definition) is 2. The van der Waals surface area contributed by atoms with E-state index in [-0.39, 0.29) is 6.04 Å². The largest absolute Gasteiger partial charge is 0.311 e. The SMILES string of the molecule is CNC(Cc1ccc(Cl)cc1Cl)c1ccnn1C. The molecule has 1 N–H and O–H groups in total. The van der Waals surface area contributed by atoms with Crippen LogP contribution in [0.3, 0.4) is 0 Å². The third-order valence-corrected chi connectivity index (χ3v) is 3.59. The van der Waals surface area contributed by atoms with Gasteiger partial charge in [-0.1, -0.05) is 29.3 Å². The van der Waals surface area contributed by atoms with E-state index in [1.165, 1.54) is 0 Å². The molecule has 3 nitrogen and oxygen atoms in total. The first-order valence-corrected chi connectivity index (χ1v) is 6.46. The molecule has 0 saturated heterocycles. The minimum absolute atomic E-state index is 0.177. The fourth-order valence-electron chi connectivity index (χ4n) is 1.99. The number of benzene rings is 1. The highest BCUT2D eigenvalue weighted by Gasteiger charge is 2.15. The molecule has 0 aliphatic rings. The van der Waals surface area contributed by atoms with Gasteiger partial charge in [0.05, 0.1) is 11.7 Å². The standard InChI is InChI=1S/C13H15Cl2N3/c1-16-12(13-5-6-17-18(13)2)7-9-3-4-10(14)8-11(9)15/h3-6,8,12,16H,7H2,1-2H3. The van der Waals surface area contributed by atoms with Gasteiger partial charge in [-0.05, 0) is 37.2 Å². The quantitative estimate of drug-likeness (QED) is 0.934. The topological polar surface area (TPSA) is 29.9 Å². The van der Waals surface area contributed by atoms with Gasteiger partial charge >= 0.3 is 0 Å². The first kappa shape index (κ1) is 13.4. The summed E-state index contributed by atoms with van der Waals surface area (Å²) in [7, 11) is 3.87. The summed E-state index contributed by atoms with van der Waals surface area (Å²) in [6.07, 6.45) is 2.59. The molecule has 1 unspecified atom stereocenters. The number of rotatable bonds is 4. The Hall–Kier alpha value is -1.03. The Morgan fingerprint density at radius 2 is 2.11 bits per heavy atom. The van der Waals surface area contributed by atoms with E-state index in [1.807, 2.05) is 37.0 Å². The lowest BCUT2D eigenvalue weighted by Gasteiger charge is -2.17. The highest BCUT2D eigenvalue weighted by molar-refractivity contribution is 6.35. The molecule has 0 bridgehead atoms. The van der Waals surface area contributed by atoms with E-state index in [9.17, 15) is 0 Å². The van der Waals surface area contributed by atoms with Crippen LogP contribution in [-0.2, 0) is 13.5 Å². The minimum atomic E-state index is 0.177. The van der Waals surface area contributed by atoms with Crippen molar-refractivity contribution in [2.45, 2.75) is 12.5 Å². The second-order valence-corrected chi connectivity index (χ2v) is 5.00. The molecular weight excluding hydrogens is 269 g/mol. The van der Waals surface area contributed by atoms with Crippen molar-refractivity contribution in [3.05, 3.63) is 51.8 Å². The zero-order valence-corrected chi connectivity index (χ0v) is 11.8. The number of aryl methyl sites for hydroxylation is 1. The van der Waals surface area contributed by atoms with Gasteiger partial charge in [0, 0.05) is 23.3 Å². The molecule has 18 heavy (non-hydrogen) atoms. The maximum absolute atomic E-state index is 6.20. The van der Waals surface area contributed by atoms with Crippen LogP contribution in [0.25, 0.3) is 0 Å². The lowest BCUT2D eigenvalue weighted by molar-refractivity contribution is 0.537.